The molecule has 4 nitrogen and oxygen atoms in total. The monoisotopic (exact) mass is 319 g/mol. The van der Waals surface area contributed by atoms with E-state index in [9.17, 15) is 14.6 Å². The van der Waals surface area contributed by atoms with E-state index in [1.807, 2.05) is 0 Å². The lowest BCUT2D eigenvalue weighted by molar-refractivity contribution is -0.197. The molecule has 3 atom stereocenters. The van der Waals surface area contributed by atoms with Gasteiger partial charge in [0.2, 0.25) is 0 Å². The Morgan fingerprint density at radius 2 is 1.48 bits per heavy atom. The summed E-state index contributed by atoms with van der Waals surface area (Å²) >= 11 is 0. The summed E-state index contributed by atoms with van der Waals surface area (Å²) in [6.45, 7) is 12.7. The Morgan fingerprint density at radius 3 is 1.76 bits per heavy atom. The lowest BCUT2D eigenvalue weighted by atomic mass is 9.59. The molecule has 0 bridgehead atoms. The number of rotatable bonds is 3. The van der Waals surface area contributed by atoms with E-state index >= 15 is 0 Å². The molecule has 0 aromatic carbocycles. The first-order valence-electron chi connectivity index (χ1n) is 7.82. The van der Waals surface area contributed by atoms with Crippen LogP contribution in [-0.2, 0) is 9.09 Å². The van der Waals surface area contributed by atoms with Crippen molar-refractivity contribution in [2.75, 3.05) is 13.3 Å². The van der Waals surface area contributed by atoms with E-state index in [4.69, 9.17) is 0 Å². The predicted molar refractivity (Wildman–Crippen MR) is 84.1 cm³/mol. The van der Waals surface area contributed by atoms with E-state index in [1.165, 1.54) is 7.11 Å². The third kappa shape index (κ3) is 5.06. The molecule has 0 aromatic heterocycles. The molecule has 0 radical (unpaired) electrons. The van der Waals surface area contributed by atoms with Crippen molar-refractivity contribution in [3.8, 4) is 0 Å². The fraction of sp³-hybridized carbons (Fsp3) is 1.00. The highest BCUT2D eigenvalue weighted by molar-refractivity contribution is 7.51. The third-order valence-electron chi connectivity index (χ3n) is 4.98. The van der Waals surface area contributed by atoms with E-state index in [1.54, 1.807) is 0 Å². The van der Waals surface area contributed by atoms with E-state index in [0.29, 0.717) is 0 Å². The second-order valence-corrected chi connectivity index (χ2v) is 10.7. The Morgan fingerprint density at radius 1 is 1.10 bits per heavy atom. The minimum Gasteiger partial charge on any atom is -0.778 e. The molecule has 1 N–H and O–H groups in total. The van der Waals surface area contributed by atoms with Gasteiger partial charge in [0.05, 0.1) is 6.10 Å². The fourth-order valence-corrected chi connectivity index (χ4v) is 4.72. The minimum atomic E-state index is -3.75. The maximum absolute atomic E-state index is 11.8. The third-order valence-corrected chi connectivity index (χ3v) is 6.50. The first kappa shape index (κ1) is 19.2. The van der Waals surface area contributed by atoms with Crippen LogP contribution in [0, 0.1) is 28.6 Å². The summed E-state index contributed by atoms with van der Waals surface area (Å²) in [5.41, 5.74) is -0.0803. The highest BCUT2D eigenvalue weighted by atomic mass is 31.2. The number of aliphatic hydroxyl groups excluding tert-OH is 1. The summed E-state index contributed by atoms with van der Waals surface area (Å²) in [6.07, 6.45) is 1.18. The molecular weight excluding hydrogens is 287 g/mol. The van der Waals surface area contributed by atoms with Gasteiger partial charge in [0, 0.05) is 13.3 Å². The number of hydrogen-bond acceptors (Lipinski definition) is 4. The van der Waals surface area contributed by atoms with Gasteiger partial charge < -0.3 is 19.1 Å². The van der Waals surface area contributed by atoms with Crippen LogP contribution in [0.15, 0.2) is 0 Å². The van der Waals surface area contributed by atoms with Crippen molar-refractivity contribution in [1.29, 1.82) is 0 Å². The van der Waals surface area contributed by atoms with E-state index < -0.39 is 7.60 Å². The predicted octanol–water partition coefficient (Wildman–Crippen LogP) is 3.28. The molecule has 5 heteroatoms. The molecule has 21 heavy (non-hydrogen) atoms. The summed E-state index contributed by atoms with van der Waals surface area (Å²) in [4.78, 5) is 11.8. The van der Waals surface area contributed by atoms with Gasteiger partial charge in [-0.25, -0.2) is 0 Å². The van der Waals surface area contributed by atoms with Gasteiger partial charge in [0.15, 0.2) is 0 Å². The molecule has 1 rings (SSSR count). The summed E-state index contributed by atoms with van der Waals surface area (Å²) in [5.74, 6) is 0.278. The van der Waals surface area contributed by atoms with Crippen LogP contribution in [-0.4, -0.2) is 24.5 Å². The van der Waals surface area contributed by atoms with Gasteiger partial charge in [0.1, 0.15) is 7.60 Å². The maximum Gasteiger partial charge on any atom is 0.134 e. The minimum absolute atomic E-state index is 0.0401. The van der Waals surface area contributed by atoms with Gasteiger partial charge in [-0.15, -0.1) is 0 Å². The number of aliphatic hydroxyl groups is 1. The Bertz CT molecular complexity index is 370. The average Bonchev–Trinajstić information content (AvgIpc) is 2.28. The van der Waals surface area contributed by atoms with Crippen LogP contribution in [0.25, 0.3) is 0 Å². The summed E-state index contributed by atoms with van der Waals surface area (Å²) in [5, 5.41) is 10.8. The van der Waals surface area contributed by atoms with Gasteiger partial charge in [-0.2, -0.15) is 0 Å². The van der Waals surface area contributed by atoms with Crippen molar-refractivity contribution in [2.45, 2.75) is 60.5 Å². The van der Waals surface area contributed by atoms with Crippen LogP contribution in [0.4, 0.5) is 0 Å². The van der Waals surface area contributed by atoms with Crippen molar-refractivity contribution in [3.63, 3.8) is 0 Å². The van der Waals surface area contributed by atoms with Gasteiger partial charge in [-0.1, -0.05) is 41.5 Å². The molecule has 0 aromatic rings. The van der Waals surface area contributed by atoms with Gasteiger partial charge in [-0.05, 0) is 41.4 Å². The maximum atomic E-state index is 11.8. The van der Waals surface area contributed by atoms with E-state index in [2.05, 4.69) is 46.1 Å². The molecule has 1 saturated carbocycles. The molecule has 1 aliphatic rings. The first-order valence-corrected chi connectivity index (χ1v) is 9.54. The largest absolute Gasteiger partial charge is 0.778 e. The van der Waals surface area contributed by atoms with E-state index in [0.717, 1.165) is 12.8 Å². The summed E-state index contributed by atoms with van der Waals surface area (Å²) in [6, 6.07) is 0. The van der Waals surface area contributed by atoms with E-state index in [-0.39, 0.29) is 40.8 Å². The molecule has 3 unspecified atom stereocenters. The Balaban J connectivity index is 3.02. The molecule has 0 heterocycles. The molecule has 0 amide bonds. The zero-order valence-corrected chi connectivity index (χ0v) is 15.4. The van der Waals surface area contributed by atoms with Crippen molar-refractivity contribution in [1.82, 2.24) is 0 Å². The van der Waals surface area contributed by atoms with Crippen LogP contribution in [0.2, 0.25) is 0 Å². The second kappa shape index (κ2) is 6.31. The van der Waals surface area contributed by atoms with Crippen LogP contribution in [0.3, 0.4) is 0 Å². The van der Waals surface area contributed by atoms with Crippen LogP contribution in [0.1, 0.15) is 54.4 Å². The molecule has 1 aliphatic carbocycles. The Hall–Kier alpha value is 0.110. The molecule has 1 fully saturated rings. The fourth-order valence-electron chi connectivity index (χ4n) is 3.65. The Kier molecular flexibility index (Phi) is 5.76. The second-order valence-electron chi connectivity index (χ2n) is 8.75. The molecule has 0 aliphatic heterocycles. The quantitative estimate of drug-likeness (QED) is 0.811. The topological polar surface area (TPSA) is 69.6 Å². The van der Waals surface area contributed by atoms with Crippen molar-refractivity contribution in [3.05, 3.63) is 0 Å². The number of hydrogen-bond donors (Lipinski definition) is 1. The lowest BCUT2D eigenvalue weighted by Gasteiger charge is -2.50. The Labute approximate surface area is 129 Å². The van der Waals surface area contributed by atoms with Crippen LogP contribution < -0.4 is 4.89 Å². The molecule has 0 saturated heterocycles. The zero-order chi connectivity index (χ0) is 16.6. The lowest BCUT2D eigenvalue weighted by Crippen LogP contribution is -2.48. The summed E-state index contributed by atoms with van der Waals surface area (Å²) in [7, 11) is -2.52. The van der Waals surface area contributed by atoms with Gasteiger partial charge in [-0.3, -0.25) is 0 Å². The van der Waals surface area contributed by atoms with Crippen molar-refractivity contribution >= 4 is 7.60 Å². The normalized spacial score (nSPS) is 34.5. The zero-order valence-electron chi connectivity index (χ0n) is 14.5. The first-order chi connectivity index (χ1) is 9.28. The molecule has 126 valence electrons. The van der Waals surface area contributed by atoms with Gasteiger partial charge >= 0.3 is 0 Å². The van der Waals surface area contributed by atoms with Crippen molar-refractivity contribution < 1.29 is 19.1 Å². The summed E-state index contributed by atoms with van der Waals surface area (Å²) < 4.78 is 16.5. The average molecular weight is 319 g/mol. The highest BCUT2D eigenvalue weighted by Crippen LogP contribution is 2.51. The smallest absolute Gasteiger partial charge is 0.134 e. The SMILES string of the molecule is COP(=O)([O-])CC1CC(C(C)(C)C)C(O)C(C(C)(C)C)C1. The van der Waals surface area contributed by atoms with Gasteiger partial charge in [0.25, 0.3) is 0 Å². The molecule has 0 spiro atoms. The molecular formula is C16H32O4P-. The standard InChI is InChI=1S/C16H33O4P/c1-15(2,3)12-8-11(10-21(18,19)20-7)9-13(14(12)17)16(4,5)6/h11-14,17H,8-10H2,1-7H3,(H,18,19)/p-1. The van der Waals surface area contributed by atoms with Crippen LogP contribution in [0.5, 0.6) is 0 Å². The van der Waals surface area contributed by atoms with Crippen molar-refractivity contribution in [2.24, 2.45) is 28.6 Å². The van der Waals surface area contributed by atoms with Crippen LogP contribution >= 0.6 is 7.60 Å². The highest BCUT2D eigenvalue weighted by Gasteiger charge is 2.46.